The molecule has 0 aliphatic rings. The van der Waals surface area contributed by atoms with Crippen molar-refractivity contribution in [2.24, 2.45) is 0 Å². The summed E-state index contributed by atoms with van der Waals surface area (Å²) in [5.41, 5.74) is 1.39. The van der Waals surface area contributed by atoms with Crippen molar-refractivity contribution in [3.63, 3.8) is 0 Å². The number of fused-ring (bicyclic) bond motifs is 1. The molecule has 2 aromatic heterocycles. The number of nitrogens with one attached hydrogen (secondary N) is 1. The van der Waals surface area contributed by atoms with Gasteiger partial charge in [0.15, 0.2) is 23.0 Å². The summed E-state index contributed by atoms with van der Waals surface area (Å²) in [6.07, 6.45) is 0.442. The first-order valence-corrected chi connectivity index (χ1v) is 10.7. The van der Waals surface area contributed by atoms with Crippen LogP contribution in [0.3, 0.4) is 0 Å². The van der Waals surface area contributed by atoms with E-state index in [-0.39, 0.29) is 36.5 Å². The summed E-state index contributed by atoms with van der Waals surface area (Å²) in [6, 6.07) is 9.79. The number of halogens is 3. The highest BCUT2D eigenvalue weighted by Gasteiger charge is 2.21. The number of aromatic amines is 1. The topological polar surface area (TPSA) is 102 Å². The van der Waals surface area contributed by atoms with Crippen molar-refractivity contribution in [2.75, 3.05) is 13.2 Å². The van der Waals surface area contributed by atoms with Crippen molar-refractivity contribution in [3.05, 3.63) is 59.1 Å². The lowest BCUT2D eigenvalue weighted by Crippen LogP contribution is -2.24. The second-order valence-corrected chi connectivity index (χ2v) is 8.17. The smallest absolute Gasteiger partial charge is 0.327 e. The number of aromatic nitrogens is 4. The molecule has 0 atom stereocenters. The molecule has 0 bridgehead atoms. The van der Waals surface area contributed by atoms with E-state index in [1.807, 2.05) is 6.07 Å². The maximum Gasteiger partial charge on any atom is 0.327 e. The first-order valence-electron chi connectivity index (χ1n) is 10.3. The van der Waals surface area contributed by atoms with Crippen LogP contribution in [0.2, 0.25) is 5.02 Å². The number of ether oxygens (including phenoxy) is 3. The molecule has 0 saturated heterocycles. The number of nitrogens with zero attached hydrogens (tertiary/aromatic N) is 3. The van der Waals surface area contributed by atoms with Crippen LogP contribution in [-0.2, 0) is 4.74 Å². The van der Waals surface area contributed by atoms with Crippen LogP contribution < -0.4 is 9.47 Å². The summed E-state index contributed by atoms with van der Waals surface area (Å²) in [6.45, 7) is 3.48. The fourth-order valence-electron chi connectivity index (χ4n) is 3.09. The molecule has 178 valence electrons. The Morgan fingerprint density at radius 3 is 2.62 bits per heavy atom. The molecular weight excluding hydrogens is 470 g/mol. The van der Waals surface area contributed by atoms with Gasteiger partial charge in [0.05, 0.1) is 18.9 Å². The molecule has 0 aliphatic heterocycles. The van der Waals surface area contributed by atoms with Gasteiger partial charge in [0, 0.05) is 23.1 Å². The molecule has 2 aromatic carbocycles. The van der Waals surface area contributed by atoms with Gasteiger partial charge in [-0.25, -0.2) is 8.78 Å². The molecule has 0 spiro atoms. The standard InChI is InChI=1S/C23H21ClF2N4O4/c1-23(2,31)33-11-5-10-32-21-18-19(14-6-3-4-7-15(14)24)29-30-20(18)27-22(28-21)34-17-9-8-13(25)12-16(17)26/h3-4,6-9,12,31H,5,10-11H2,1-2H3,(H,27,28,29,30). The Hall–Kier alpha value is -3.34. The van der Waals surface area contributed by atoms with E-state index in [4.69, 9.17) is 25.8 Å². The lowest BCUT2D eigenvalue weighted by atomic mass is 10.1. The van der Waals surface area contributed by atoms with Gasteiger partial charge in [-0.1, -0.05) is 29.8 Å². The van der Waals surface area contributed by atoms with E-state index in [2.05, 4.69) is 20.2 Å². The molecule has 0 radical (unpaired) electrons. The minimum absolute atomic E-state index is 0.120. The SMILES string of the molecule is CC(C)(O)OCCCOc1nc(Oc2ccc(F)cc2F)nc2n[nH]c(-c3ccccc3Cl)c12. The van der Waals surface area contributed by atoms with Crippen LogP contribution in [0.15, 0.2) is 42.5 Å². The highest BCUT2D eigenvalue weighted by atomic mass is 35.5. The number of rotatable bonds is 9. The number of hydrogen-bond acceptors (Lipinski definition) is 7. The highest BCUT2D eigenvalue weighted by Crippen LogP contribution is 2.37. The van der Waals surface area contributed by atoms with E-state index in [9.17, 15) is 13.9 Å². The highest BCUT2D eigenvalue weighted by molar-refractivity contribution is 6.33. The molecule has 0 unspecified atom stereocenters. The van der Waals surface area contributed by atoms with Gasteiger partial charge in [-0.15, -0.1) is 0 Å². The third-order valence-electron chi connectivity index (χ3n) is 4.58. The lowest BCUT2D eigenvalue weighted by Gasteiger charge is -2.18. The molecule has 11 heteroatoms. The number of benzene rings is 2. The average molecular weight is 491 g/mol. The van der Waals surface area contributed by atoms with Gasteiger partial charge in [0.25, 0.3) is 0 Å². The zero-order valence-electron chi connectivity index (χ0n) is 18.3. The molecule has 0 fully saturated rings. The molecule has 8 nitrogen and oxygen atoms in total. The van der Waals surface area contributed by atoms with Gasteiger partial charge in [0.2, 0.25) is 5.88 Å². The fourth-order valence-corrected chi connectivity index (χ4v) is 3.32. The van der Waals surface area contributed by atoms with E-state index >= 15 is 0 Å². The summed E-state index contributed by atoms with van der Waals surface area (Å²) >= 11 is 6.36. The van der Waals surface area contributed by atoms with Crippen molar-refractivity contribution in [3.8, 4) is 28.9 Å². The molecule has 0 amide bonds. The Balaban J connectivity index is 1.68. The number of aliphatic hydroxyl groups is 1. The monoisotopic (exact) mass is 490 g/mol. The summed E-state index contributed by atoms with van der Waals surface area (Å²) < 4.78 is 43.9. The third-order valence-corrected chi connectivity index (χ3v) is 4.91. The minimum Gasteiger partial charge on any atom is -0.477 e. The van der Waals surface area contributed by atoms with Crippen LogP contribution in [0.4, 0.5) is 8.78 Å². The fraction of sp³-hybridized carbons (Fsp3) is 0.261. The second-order valence-electron chi connectivity index (χ2n) is 7.76. The Morgan fingerprint density at radius 2 is 1.88 bits per heavy atom. The first kappa shape index (κ1) is 23.8. The molecule has 2 N–H and O–H groups in total. The van der Waals surface area contributed by atoms with E-state index in [1.165, 1.54) is 13.8 Å². The quantitative estimate of drug-likeness (QED) is 0.244. The maximum absolute atomic E-state index is 14.1. The van der Waals surface area contributed by atoms with E-state index < -0.39 is 17.4 Å². The lowest BCUT2D eigenvalue weighted by molar-refractivity contribution is -0.176. The summed E-state index contributed by atoms with van der Waals surface area (Å²) in [7, 11) is 0. The van der Waals surface area contributed by atoms with Gasteiger partial charge in [-0.2, -0.15) is 15.1 Å². The van der Waals surface area contributed by atoms with Crippen molar-refractivity contribution in [1.82, 2.24) is 20.2 Å². The van der Waals surface area contributed by atoms with Crippen LogP contribution in [0.1, 0.15) is 20.3 Å². The van der Waals surface area contributed by atoms with Gasteiger partial charge >= 0.3 is 6.01 Å². The summed E-state index contributed by atoms with van der Waals surface area (Å²) in [4.78, 5) is 8.52. The molecule has 0 aliphatic carbocycles. The van der Waals surface area contributed by atoms with Gasteiger partial charge in [0.1, 0.15) is 11.2 Å². The van der Waals surface area contributed by atoms with Crippen LogP contribution in [0.5, 0.6) is 17.6 Å². The molecular formula is C23H21ClF2N4O4. The maximum atomic E-state index is 14.1. The Bertz CT molecular complexity index is 1310. The summed E-state index contributed by atoms with van der Waals surface area (Å²) in [5.74, 6) is -3.05. The first-order chi connectivity index (χ1) is 16.2. The predicted octanol–water partition coefficient (Wildman–Crippen LogP) is 5.26. The third kappa shape index (κ3) is 5.58. The van der Waals surface area contributed by atoms with E-state index in [0.717, 1.165) is 12.1 Å². The predicted molar refractivity (Wildman–Crippen MR) is 121 cm³/mol. The molecule has 0 saturated carbocycles. The molecule has 4 aromatic rings. The van der Waals surface area contributed by atoms with Crippen molar-refractivity contribution in [1.29, 1.82) is 0 Å². The summed E-state index contributed by atoms with van der Waals surface area (Å²) in [5, 5.41) is 17.7. The molecule has 2 heterocycles. The van der Waals surface area contributed by atoms with Gasteiger partial charge in [-0.3, -0.25) is 5.10 Å². The van der Waals surface area contributed by atoms with Crippen LogP contribution in [0, 0.1) is 11.6 Å². The van der Waals surface area contributed by atoms with Crippen molar-refractivity contribution in [2.45, 2.75) is 26.1 Å². The van der Waals surface area contributed by atoms with Crippen LogP contribution in [-0.4, -0.2) is 44.3 Å². The second kappa shape index (κ2) is 9.88. The Morgan fingerprint density at radius 1 is 1.09 bits per heavy atom. The number of hydrogen-bond donors (Lipinski definition) is 2. The average Bonchev–Trinajstić information content (AvgIpc) is 3.19. The van der Waals surface area contributed by atoms with Crippen LogP contribution in [0.25, 0.3) is 22.3 Å². The van der Waals surface area contributed by atoms with Crippen molar-refractivity contribution >= 4 is 22.6 Å². The largest absolute Gasteiger partial charge is 0.477 e. The zero-order valence-corrected chi connectivity index (χ0v) is 19.1. The molecule has 34 heavy (non-hydrogen) atoms. The Labute approximate surface area is 198 Å². The van der Waals surface area contributed by atoms with E-state index in [1.54, 1.807) is 18.2 Å². The normalized spacial score (nSPS) is 11.7. The van der Waals surface area contributed by atoms with E-state index in [0.29, 0.717) is 34.2 Å². The minimum atomic E-state index is -1.26. The van der Waals surface area contributed by atoms with Gasteiger partial charge in [-0.05, 0) is 32.0 Å². The zero-order chi connectivity index (χ0) is 24.3. The van der Waals surface area contributed by atoms with Crippen molar-refractivity contribution < 1.29 is 28.1 Å². The molecule has 4 rings (SSSR count). The van der Waals surface area contributed by atoms with Gasteiger partial charge < -0.3 is 19.3 Å². The van der Waals surface area contributed by atoms with Crippen LogP contribution >= 0.6 is 11.6 Å². The number of H-pyrrole nitrogens is 1. The Kier molecular flexibility index (Phi) is 6.92.